The summed E-state index contributed by atoms with van der Waals surface area (Å²) in [5.74, 6) is -0.190. The van der Waals surface area contributed by atoms with Gasteiger partial charge in [0, 0.05) is 31.8 Å². The molecule has 0 N–H and O–H groups in total. The van der Waals surface area contributed by atoms with Crippen LogP contribution in [-0.4, -0.2) is 27.2 Å². The molecule has 0 saturated carbocycles. The second-order valence-electron chi connectivity index (χ2n) is 8.31. The van der Waals surface area contributed by atoms with E-state index in [0.29, 0.717) is 12.8 Å². The number of nitrogens with zero attached hydrogens (tertiary/aromatic N) is 1. The Hall–Kier alpha value is -3.42. The molecule has 4 aromatic rings. The van der Waals surface area contributed by atoms with E-state index in [2.05, 4.69) is 122 Å². The molecule has 0 bridgehead atoms. The summed E-state index contributed by atoms with van der Waals surface area (Å²) < 4.78 is 4.93. The average Bonchev–Trinajstić information content (AvgIpc) is 2.88. The third-order valence-electron chi connectivity index (χ3n) is 5.88. The number of esters is 1. The maximum atomic E-state index is 12.0. The fraction of sp³-hybridized carbons (Fsp3) is 0.167. The average molecular weight is 468 g/mol. The molecule has 0 aromatic heterocycles. The highest BCUT2D eigenvalue weighted by molar-refractivity contribution is 7.80. The normalized spacial score (nSPS) is 10.8. The van der Waals surface area contributed by atoms with E-state index >= 15 is 0 Å². The molecular formula is C30H30NO2P. The molecule has 0 aliphatic carbocycles. The maximum absolute atomic E-state index is 12.0. The molecule has 0 spiro atoms. The Morgan fingerprint density at radius 2 is 1.35 bits per heavy atom. The number of benzene rings is 4. The number of anilines is 1. The number of ether oxygens (including phenoxy) is 1. The van der Waals surface area contributed by atoms with Crippen LogP contribution in [0.2, 0.25) is 0 Å². The first-order valence-electron chi connectivity index (χ1n) is 11.5. The van der Waals surface area contributed by atoms with Gasteiger partial charge in [0.15, 0.2) is 0 Å². The zero-order valence-corrected chi connectivity index (χ0v) is 20.8. The van der Waals surface area contributed by atoms with Crippen molar-refractivity contribution >= 4 is 35.5 Å². The highest BCUT2D eigenvalue weighted by atomic mass is 31.1. The van der Waals surface area contributed by atoms with Gasteiger partial charge in [0.2, 0.25) is 0 Å². The van der Waals surface area contributed by atoms with Gasteiger partial charge < -0.3 is 9.64 Å². The number of methoxy groups -OCH3 is 1. The Labute approximate surface area is 203 Å². The molecule has 0 radical (unpaired) electrons. The number of carbonyl (C=O) groups is 1. The number of aryl methyl sites for hydroxylation is 1. The predicted octanol–water partition coefficient (Wildman–Crippen LogP) is 5.28. The molecule has 0 aliphatic heterocycles. The molecule has 0 saturated heterocycles. The summed E-state index contributed by atoms with van der Waals surface area (Å²) in [6.45, 7) is 0. The molecule has 4 rings (SSSR count). The van der Waals surface area contributed by atoms with E-state index in [0.717, 1.165) is 11.3 Å². The molecule has 0 atom stereocenters. The first-order valence-corrected chi connectivity index (χ1v) is 12.8. The van der Waals surface area contributed by atoms with Gasteiger partial charge in [-0.2, -0.15) is 0 Å². The van der Waals surface area contributed by atoms with Crippen LogP contribution in [0.25, 0.3) is 11.1 Å². The standard InChI is InChI=1S/C30H30NO2P/c1-31(2)27-19-12-13-23(21-22-29(32)33-3)30(27)26-18-10-11-20-28(26)34(24-14-6-4-7-15-24)25-16-8-5-9-17-25/h4-20H,21-22H2,1-3H3. The molecule has 0 unspecified atom stereocenters. The van der Waals surface area contributed by atoms with E-state index in [9.17, 15) is 4.79 Å². The molecule has 4 aromatic carbocycles. The third-order valence-corrected chi connectivity index (χ3v) is 8.38. The zero-order chi connectivity index (χ0) is 23.9. The van der Waals surface area contributed by atoms with Gasteiger partial charge in [0.05, 0.1) is 7.11 Å². The summed E-state index contributed by atoms with van der Waals surface area (Å²) in [7, 11) is 4.82. The van der Waals surface area contributed by atoms with Crippen LogP contribution in [0.15, 0.2) is 103 Å². The minimum Gasteiger partial charge on any atom is -0.469 e. The van der Waals surface area contributed by atoms with Gasteiger partial charge >= 0.3 is 5.97 Å². The van der Waals surface area contributed by atoms with E-state index in [1.807, 2.05) is 0 Å². The highest BCUT2D eigenvalue weighted by Gasteiger charge is 2.23. The summed E-state index contributed by atoms with van der Waals surface area (Å²) in [5.41, 5.74) is 4.70. The van der Waals surface area contributed by atoms with E-state index in [1.54, 1.807) is 0 Å². The lowest BCUT2D eigenvalue weighted by Gasteiger charge is -2.26. The van der Waals surface area contributed by atoms with Crippen molar-refractivity contribution < 1.29 is 9.53 Å². The highest BCUT2D eigenvalue weighted by Crippen LogP contribution is 2.41. The van der Waals surface area contributed by atoms with Crippen LogP contribution < -0.4 is 20.8 Å². The maximum Gasteiger partial charge on any atom is 0.305 e. The second kappa shape index (κ2) is 11.1. The monoisotopic (exact) mass is 467 g/mol. The fourth-order valence-corrected chi connectivity index (χ4v) is 6.74. The SMILES string of the molecule is COC(=O)CCc1cccc(N(C)C)c1-c1ccccc1P(c1ccccc1)c1ccccc1. The van der Waals surface area contributed by atoms with Crippen LogP contribution in [0.1, 0.15) is 12.0 Å². The van der Waals surface area contributed by atoms with Gasteiger partial charge in [-0.1, -0.05) is 97.1 Å². The topological polar surface area (TPSA) is 29.5 Å². The van der Waals surface area contributed by atoms with Gasteiger partial charge in [-0.25, -0.2) is 0 Å². The predicted molar refractivity (Wildman–Crippen MR) is 145 cm³/mol. The zero-order valence-electron chi connectivity index (χ0n) is 19.9. The van der Waals surface area contributed by atoms with Crippen molar-refractivity contribution in [2.45, 2.75) is 12.8 Å². The van der Waals surface area contributed by atoms with Crippen molar-refractivity contribution in [3.05, 3.63) is 109 Å². The first-order chi connectivity index (χ1) is 16.6. The van der Waals surface area contributed by atoms with Crippen LogP contribution >= 0.6 is 7.92 Å². The third kappa shape index (κ3) is 5.21. The van der Waals surface area contributed by atoms with Gasteiger partial charge in [-0.05, 0) is 47.4 Å². The molecule has 4 heteroatoms. The van der Waals surface area contributed by atoms with Gasteiger partial charge in [-0.3, -0.25) is 4.79 Å². The van der Waals surface area contributed by atoms with E-state index < -0.39 is 7.92 Å². The summed E-state index contributed by atoms with van der Waals surface area (Å²) >= 11 is 0. The lowest BCUT2D eigenvalue weighted by atomic mass is 9.94. The minimum atomic E-state index is -0.769. The molecule has 0 fully saturated rings. The van der Waals surface area contributed by atoms with Crippen LogP contribution in [0.3, 0.4) is 0 Å². The lowest BCUT2D eigenvalue weighted by molar-refractivity contribution is -0.140. The molecule has 0 amide bonds. The smallest absolute Gasteiger partial charge is 0.305 e. The van der Waals surface area contributed by atoms with Crippen molar-refractivity contribution in [1.82, 2.24) is 0 Å². The summed E-state index contributed by atoms with van der Waals surface area (Å²) in [6, 6.07) is 36.6. The summed E-state index contributed by atoms with van der Waals surface area (Å²) in [6.07, 6.45) is 0.987. The molecule has 3 nitrogen and oxygen atoms in total. The van der Waals surface area contributed by atoms with E-state index in [-0.39, 0.29) is 5.97 Å². The minimum absolute atomic E-state index is 0.190. The van der Waals surface area contributed by atoms with Crippen molar-refractivity contribution in [3.8, 4) is 11.1 Å². The lowest BCUT2D eigenvalue weighted by Crippen LogP contribution is -2.23. The number of rotatable bonds is 8. The first kappa shape index (κ1) is 23.7. The van der Waals surface area contributed by atoms with Gasteiger partial charge in [-0.15, -0.1) is 0 Å². The van der Waals surface area contributed by atoms with Crippen LogP contribution in [0, 0.1) is 0 Å². The fourth-order valence-electron chi connectivity index (χ4n) is 4.28. The quantitative estimate of drug-likeness (QED) is 0.261. The molecule has 34 heavy (non-hydrogen) atoms. The molecule has 0 aliphatic rings. The Bertz CT molecular complexity index is 1200. The Morgan fingerprint density at radius 1 is 0.765 bits per heavy atom. The van der Waals surface area contributed by atoms with Crippen molar-refractivity contribution in [2.24, 2.45) is 0 Å². The molecular weight excluding hydrogens is 437 g/mol. The van der Waals surface area contributed by atoms with Crippen LogP contribution in [0.4, 0.5) is 5.69 Å². The van der Waals surface area contributed by atoms with Gasteiger partial charge in [0.25, 0.3) is 0 Å². The number of hydrogen-bond donors (Lipinski definition) is 0. The summed E-state index contributed by atoms with van der Waals surface area (Å²) in [5, 5.41) is 3.94. The van der Waals surface area contributed by atoms with Crippen LogP contribution in [-0.2, 0) is 16.0 Å². The van der Waals surface area contributed by atoms with E-state index in [4.69, 9.17) is 4.74 Å². The second-order valence-corrected chi connectivity index (χ2v) is 10.5. The van der Waals surface area contributed by atoms with Crippen LogP contribution in [0.5, 0.6) is 0 Å². The van der Waals surface area contributed by atoms with Gasteiger partial charge in [0.1, 0.15) is 0 Å². The van der Waals surface area contributed by atoms with Crippen molar-refractivity contribution in [2.75, 3.05) is 26.1 Å². The Kier molecular flexibility index (Phi) is 7.77. The largest absolute Gasteiger partial charge is 0.469 e. The van der Waals surface area contributed by atoms with Crippen molar-refractivity contribution in [1.29, 1.82) is 0 Å². The van der Waals surface area contributed by atoms with E-state index in [1.165, 1.54) is 34.2 Å². The Balaban J connectivity index is 1.94. The molecule has 172 valence electrons. The summed E-state index contributed by atoms with van der Waals surface area (Å²) in [4.78, 5) is 14.1. The number of hydrogen-bond acceptors (Lipinski definition) is 3. The molecule has 0 heterocycles. The number of carbonyl (C=O) groups excluding carboxylic acids is 1. The van der Waals surface area contributed by atoms with Crippen molar-refractivity contribution in [3.63, 3.8) is 0 Å². The Morgan fingerprint density at radius 3 is 1.94 bits per heavy atom.